The minimum absolute atomic E-state index is 0.174. The monoisotopic (exact) mass is 387 g/mol. The van der Waals surface area contributed by atoms with Gasteiger partial charge in [-0.2, -0.15) is 4.31 Å². The van der Waals surface area contributed by atoms with E-state index in [4.69, 9.17) is 0 Å². The maximum Gasteiger partial charge on any atom is 0.243 e. The highest BCUT2D eigenvalue weighted by molar-refractivity contribution is 8.39. The molecule has 1 N–H and O–H groups in total. The van der Waals surface area contributed by atoms with Crippen molar-refractivity contribution in [3.63, 3.8) is 0 Å². The number of carbonyl (C=O) groups is 1. The fraction of sp³-hybridized carbons (Fsp3) is 0.467. The van der Waals surface area contributed by atoms with E-state index in [0.717, 1.165) is 16.7 Å². The van der Waals surface area contributed by atoms with Crippen molar-refractivity contribution >= 4 is 49.5 Å². The molecular formula is C15H21N3O3S3. The topological polar surface area (TPSA) is 78.8 Å². The number of carbonyl (C=O) groups excluding carboxylic acids is 1. The van der Waals surface area contributed by atoms with Crippen LogP contribution in [0.2, 0.25) is 0 Å². The van der Waals surface area contributed by atoms with E-state index in [-0.39, 0.29) is 16.6 Å². The number of hydrogen-bond acceptors (Lipinski definition) is 6. The average molecular weight is 388 g/mol. The van der Waals surface area contributed by atoms with Crippen LogP contribution < -0.4 is 5.32 Å². The van der Waals surface area contributed by atoms with Gasteiger partial charge < -0.3 is 5.32 Å². The lowest BCUT2D eigenvalue weighted by Gasteiger charge is -2.18. The number of benzene rings is 1. The van der Waals surface area contributed by atoms with Gasteiger partial charge in [0.15, 0.2) is 0 Å². The maximum atomic E-state index is 12.5. The lowest BCUT2D eigenvalue weighted by atomic mass is 10.3. The van der Waals surface area contributed by atoms with Gasteiger partial charge in [0, 0.05) is 24.5 Å². The number of sulfonamides is 1. The molecule has 2 rings (SSSR count). The van der Waals surface area contributed by atoms with Gasteiger partial charge in [-0.15, -0.1) is 0 Å². The molecule has 0 radical (unpaired) electrons. The van der Waals surface area contributed by atoms with Gasteiger partial charge in [0.25, 0.3) is 0 Å². The zero-order valence-corrected chi connectivity index (χ0v) is 16.1. The zero-order valence-electron chi connectivity index (χ0n) is 13.7. The molecule has 1 aliphatic rings. The Kier molecular flexibility index (Phi) is 7.15. The summed E-state index contributed by atoms with van der Waals surface area (Å²) in [5.74, 6) is 1.06. The van der Waals surface area contributed by atoms with E-state index in [9.17, 15) is 13.2 Å². The lowest BCUT2D eigenvalue weighted by molar-refractivity contribution is -0.113. The first kappa shape index (κ1) is 19.3. The van der Waals surface area contributed by atoms with Crippen LogP contribution in [0.5, 0.6) is 0 Å². The summed E-state index contributed by atoms with van der Waals surface area (Å²) in [6, 6.07) is 6.36. The first-order valence-electron chi connectivity index (χ1n) is 7.67. The highest BCUT2D eigenvalue weighted by atomic mass is 32.2. The quantitative estimate of drug-likeness (QED) is 0.778. The van der Waals surface area contributed by atoms with Crippen molar-refractivity contribution in [2.75, 3.05) is 36.5 Å². The van der Waals surface area contributed by atoms with E-state index < -0.39 is 10.0 Å². The fourth-order valence-electron chi connectivity index (χ4n) is 2.17. The number of thioether (sulfide) groups is 2. The van der Waals surface area contributed by atoms with Crippen molar-refractivity contribution in [1.82, 2.24) is 4.31 Å². The van der Waals surface area contributed by atoms with Crippen molar-refractivity contribution < 1.29 is 13.2 Å². The third kappa shape index (κ3) is 4.98. The summed E-state index contributed by atoms with van der Waals surface area (Å²) in [6.07, 6.45) is 0. The van der Waals surface area contributed by atoms with Crippen LogP contribution in [0.4, 0.5) is 5.69 Å². The number of amides is 1. The van der Waals surface area contributed by atoms with Gasteiger partial charge in [0.1, 0.15) is 4.38 Å². The summed E-state index contributed by atoms with van der Waals surface area (Å²) >= 11 is 3.06. The third-order valence-electron chi connectivity index (χ3n) is 3.35. The predicted octanol–water partition coefficient (Wildman–Crippen LogP) is 2.49. The largest absolute Gasteiger partial charge is 0.325 e. The van der Waals surface area contributed by atoms with Crippen LogP contribution in [0.1, 0.15) is 13.8 Å². The molecule has 0 saturated carbocycles. The van der Waals surface area contributed by atoms with Crippen LogP contribution in [0.25, 0.3) is 0 Å². The van der Waals surface area contributed by atoms with Crippen molar-refractivity contribution in [3.05, 3.63) is 24.3 Å². The molecule has 0 saturated heterocycles. The minimum atomic E-state index is -3.53. The molecule has 1 aromatic carbocycles. The smallest absolute Gasteiger partial charge is 0.243 e. The SMILES string of the molecule is CCN(CC)S(=O)(=O)c1cccc(NC(=O)CSC2=NCCS2)c1. The second kappa shape index (κ2) is 8.89. The molecule has 1 aliphatic heterocycles. The third-order valence-corrected chi connectivity index (χ3v) is 7.64. The lowest BCUT2D eigenvalue weighted by Crippen LogP contribution is -2.30. The van der Waals surface area contributed by atoms with Gasteiger partial charge in [0.05, 0.1) is 17.2 Å². The van der Waals surface area contributed by atoms with Gasteiger partial charge in [0.2, 0.25) is 15.9 Å². The number of anilines is 1. The van der Waals surface area contributed by atoms with Crippen LogP contribution >= 0.6 is 23.5 Å². The standard InChI is InChI=1S/C15H21N3O3S3/c1-3-18(4-2)24(20,21)13-7-5-6-12(10-13)17-14(19)11-23-15-16-8-9-22-15/h5-7,10H,3-4,8-9,11H2,1-2H3,(H,17,19). The molecule has 0 aliphatic carbocycles. The number of aliphatic imine (C=N–C) groups is 1. The van der Waals surface area contributed by atoms with Crippen LogP contribution in [0.15, 0.2) is 34.2 Å². The Hall–Kier alpha value is -1.03. The Morgan fingerprint density at radius 2 is 2.12 bits per heavy atom. The number of hydrogen-bond donors (Lipinski definition) is 1. The van der Waals surface area contributed by atoms with E-state index in [1.165, 1.54) is 22.1 Å². The second-order valence-corrected chi connectivity index (χ2v) is 9.19. The Morgan fingerprint density at radius 1 is 1.38 bits per heavy atom. The van der Waals surface area contributed by atoms with Gasteiger partial charge in [-0.3, -0.25) is 9.79 Å². The summed E-state index contributed by atoms with van der Waals surface area (Å²) in [7, 11) is -3.53. The fourth-order valence-corrected chi connectivity index (χ4v) is 5.49. The number of rotatable bonds is 7. The molecule has 0 atom stereocenters. The molecule has 0 aromatic heterocycles. The Balaban J connectivity index is 2.03. The second-order valence-electron chi connectivity index (χ2n) is 4.95. The molecule has 0 fully saturated rings. The molecular weight excluding hydrogens is 366 g/mol. The van der Waals surface area contributed by atoms with E-state index in [1.807, 2.05) is 0 Å². The van der Waals surface area contributed by atoms with Crippen LogP contribution in [-0.4, -0.2) is 54.1 Å². The van der Waals surface area contributed by atoms with Gasteiger partial charge in [-0.1, -0.05) is 43.4 Å². The molecule has 6 nitrogen and oxygen atoms in total. The molecule has 132 valence electrons. The molecule has 9 heteroatoms. The van der Waals surface area contributed by atoms with E-state index >= 15 is 0 Å². The summed E-state index contributed by atoms with van der Waals surface area (Å²) in [5.41, 5.74) is 0.481. The van der Waals surface area contributed by atoms with Crippen molar-refractivity contribution in [1.29, 1.82) is 0 Å². The van der Waals surface area contributed by atoms with E-state index in [2.05, 4.69) is 10.3 Å². The van der Waals surface area contributed by atoms with E-state index in [1.54, 1.807) is 43.8 Å². The van der Waals surface area contributed by atoms with Crippen molar-refractivity contribution in [2.45, 2.75) is 18.7 Å². The normalized spacial score (nSPS) is 14.7. The summed E-state index contributed by atoms with van der Waals surface area (Å²) in [5, 5.41) is 2.75. The predicted molar refractivity (Wildman–Crippen MR) is 102 cm³/mol. The molecule has 0 bridgehead atoms. The zero-order chi connectivity index (χ0) is 17.6. The first-order valence-corrected chi connectivity index (χ1v) is 11.1. The molecule has 1 amide bonds. The molecule has 1 aromatic rings. The summed E-state index contributed by atoms with van der Waals surface area (Å²) in [4.78, 5) is 16.5. The van der Waals surface area contributed by atoms with E-state index in [0.29, 0.717) is 18.8 Å². The molecule has 24 heavy (non-hydrogen) atoms. The Bertz CT molecular complexity index is 716. The average Bonchev–Trinajstić information content (AvgIpc) is 3.07. The highest BCUT2D eigenvalue weighted by Gasteiger charge is 2.21. The molecule has 1 heterocycles. The Morgan fingerprint density at radius 3 is 2.75 bits per heavy atom. The maximum absolute atomic E-state index is 12.5. The number of nitrogens with one attached hydrogen (secondary N) is 1. The first-order chi connectivity index (χ1) is 11.5. The van der Waals surface area contributed by atoms with Crippen molar-refractivity contribution in [2.24, 2.45) is 4.99 Å². The van der Waals surface area contributed by atoms with Crippen LogP contribution in [-0.2, 0) is 14.8 Å². The molecule has 0 spiro atoms. The summed E-state index contributed by atoms with van der Waals surface area (Å²) < 4.78 is 27.4. The summed E-state index contributed by atoms with van der Waals surface area (Å²) in [6.45, 7) is 5.22. The minimum Gasteiger partial charge on any atom is -0.325 e. The number of nitrogens with zero attached hydrogens (tertiary/aromatic N) is 2. The van der Waals surface area contributed by atoms with Crippen LogP contribution in [0, 0.1) is 0 Å². The van der Waals surface area contributed by atoms with Gasteiger partial charge in [-0.05, 0) is 18.2 Å². The highest BCUT2D eigenvalue weighted by Crippen LogP contribution is 2.23. The van der Waals surface area contributed by atoms with Crippen molar-refractivity contribution in [3.8, 4) is 0 Å². The Labute approximate surface area is 151 Å². The van der Waals surface area contributed by atoms with Gasteiger partial charge in [-0.25, -0.2) is 8.42 Å². The van der Waals surface area contributed by atoms with Gasteiger partial charge >= 0.3 is 0 Å². The van der Waals surface area contributed by atoms with Crippen LogP contribution in [0.3, 0.4) is 0 Å². The molecule has 0 unspecified atom stereocenters.